The average Bonchev–Trinajstić information content (AvgIpc) is 2.69. The number of aromatic hydroxyl groups is 1. The quantitative estimate of drug-likeness (QED) is 0.561. The third-order valence-corrected chi connectivity index (χ3v) is 7.00. The third-order valence-electron chi connectivity index (χ3n) is 7.00. The standard InChI is InChI=1S/C24H27NO.S.V/c1-16-7-20(15-25-21-5-3-2-4-6-21)23(26)22(8-16)24-12-17-9-18(13-24)11-19(10-17)14-24;;/h2-8,15,17-19,26H,9-14H2,1H3;;. The second-order valence-corrected chi connectivity index (χ2v) is 9.04. The zero-order chi connectivity index (χ0) is 19.7. The van der Waals surface area contributed by atoms with Crippen molar-refractivity contribution in [1.82, 2.24) is 0 Å². The monoisotopic (exact) mass is 428 g/mol. The minimum atomic E-state index is 0.209. The van der Waals surface area contributed by atoms with Crippen molar-refractivity contribution in [3.8, 4) is 5.75 Å². The summed E-state index contributed by atoms with van der Waals surface area (Å²) in [6, 6.07) is 14.3. The number of benzene rings is 2. The Morgan fingerprint density at radius 1 is 1.00 bits per heavy atom. The molecule has 6 rings (SSSR count). The van der Waals surface area contributed by atoms with E-state index in [-0.39, 0.29) is 5.41 Å². The molecule has 0 heterocycles. The Balaban J connectivity index is 0.000000932. The van der Waals surface area contributed by atoms with Crippen molar-refractivity contribution in [2.24, 2.45) is 22.7 Å². The van der Waals surface area contributed by atoms with Crippen LogP contribution in [0.1, 0.15) is 55.2 Å². The van der Waals surface area contributed by atoms with Gasteiger partial charge in [0.05, 0.1) is 5.69 Å². The molecule has 0 radical (unpaired) electrons. The van der Waals surface area contributed by atoms with Crippen LogP contribution < -0.4 is 0 Å². The second-order valence-electron chi connectivity index (χ2n) is 9.04. The van der Waals surface area contributed by atoms with Gasteiger partial charge in [-0.2, -0.15) is 0 Å². The number of phenols is 1. The van der Waals surface area contributed by atoms with E-state index in [4.69, 9.17) is 0 Å². The fourth-order valence-electron chi connectivity index (χ4n) is 6.41. The Hall–Kier alpha value is -1.29. The van der Waals surface area contributed by atoms with Gasteiger partial charge in [0.2, 0.25) is 0 Å². The number of nitrogens with zero attached hydrogens (tertiary/aromatic N) is 1. The zero-order valence-electron chi connectivity index (χ0n) is 16.3. The van der Waals surface area contributed by atoms with Crippen LogP contribution in [-0.4, -0.2) is 11.3 Å². The predicted molar refractivity (Wildman–Crippen MR) is 114 cm³/mol. The fourth-order valence-corrected chi connectivity index (χ4v) is 6.41. The van der Waals surface area contributed by atoms with Crippen LogP contribution in [0.3, 0.4) is 0 Å². The van der Waals surface area contributed by atoms with E-state index in [0.717, 1.165) is 29.0 Å². The topological polar surface area (TPSA) is 32.6 Å². The molecule has 4 aliphatic carbocycles. The van der Waals surface area contributed by atoms with E-state index >= 15 is 0 Å². The molecule has 145 valence electrons. The van der Waals surface area contributed by atoms with Crippen molar-refractivity contribution in [3.05, 3.63) is 59.2 Å². The van der Waals surface area contributed by atoms with Gasteiger partial charge in [-0.05, 0) is 92.4 Å². The summed E-state index contributed by atoms with van der Waals surface area (Å²) in [5.74, 6) is 3.10. The fraction of sp³-hybridized carbons (Fsp3) is 0.458. The third kappa shape index (κ3) is 3.77. The molecule has 0 aromatic heterocycles. The van der Waals surface area contributed by atoms with Gasteiger partial charge >= 0.3 is 26.0 Å². The minimum absolute atomic E-state index is 0.209. The molecule has 28 heavy (non-hydrogen) atoms. The normalized spacial score (nSPS) is 30.2. The van der Waals surface area contributed by atoms with Crippen LogP contribution in [0.2, 0.25) is 0 Å². The van der Waals surface area contributed by atoms with Crippen LogP contribution in [0, 0.1) is 24.7 Å². The average molecular weight is 428 g/mol. The summed E-state index contributed by atoms with van der Waals surface area (Å²) in [4.78, 5) is 4.58. The Labute approximate surface area is 181 Å². The number of aryl methyl sites for hydroxylation is 1. The molecule has 2 aromatic rings. The molecule has 4 saturated carbocycles. The van der Waals surface area contributed by atoms with E-state index in [1.807, 2.05) is 52.3 Å². The van der Waals surface area contributed by atoms with Crippen molar-refractivity contribution in [3.63, 3.8) is 0 Å². The SMILES string of the molecule is Cc1cc(C=Nc2ccccc2)c(O)c(C23CC4CC(CC(C4)C2)C3)c1.[S]=[V]. The van der Waals surface area contributed by atoms with Gasteiger partial charge in [0, 0.05) is 17.3 Å². The van der Waals surface area contributed by atoms with Crippen molar-refractivity contribution in [1.29, 1.82) is 0 Å². The Morgan fingerprint density at radius 3 is 2.14 bits per heavy atom. The maximum absolute atomic E-state index is 11.2. The maximum atomic E-state index is 11.2. The van der Waals surface area contributed by atoms with Gasteiger partial charge < -0.3 is 5.11 Å². The first-order chi connectivity index (χ1) is 13.6. The van der Waals surface area contributed by atoms with E-state index in [1.54, 1.807) is 0 Å². The van der Waals surface area contributed by atoms with Gasteiger partial charge in [-0.3, -0.25) is 4.99 Å². The molecule has 4 aliphatic rings. The Kier molecular flexibility index (Phi) is 5.87. The van der Waals surface area contributed by atoms with Crippen LogP contribution >= 0.6 is 10.3 Å². The van der Waals surface area contributed by atoms with Gasteiger partial charge in [0.1, 0.15) is 5.75 Å². The first-order valence-corrected chi connectivity index (χ1v) is 12.3. The summed E-state index contributed by atoms with van der Waals surface area (Å²) < 4.78 is 0. The van der Waals surface area contributed by atoms with Crippen molar-refractivity contribution in [2.75, 3.05) is 0 Å². The van der Waals surface area contributed by atoms with E-state index in [9.17, 15) is 5.11 Å². The molecule has 4 bridgehead atoms. The van der Waals surface area contributed by atoms with E-state index in [0.29, 0.717) is 5.75 Å². The predicted octanol–water partition coefficient (Wildman–Crippen LogP) is 6.56. The van der Waals surface area contributed by atoms with Gasteiger partial charge in [-0.15, -0.1) is 0 Å². The van der Waals surface area contributed by atoms with Gasteiger partial charge in [-0.1, -0.05) is 24.3 Å². The number of hydrogen-bond acceptors (Lipinski definition) is 3. The van der Waals surface area contributed by atoms with Crippen LogP contribution in [-0.2, 0) is 21.1 Å². The van der Waals surface area contributed by atoms with Crippen LogP contribution in [0.15, 0.2) is 47.5 Å². The number of para-hydroxylation sites is 1. The summed E-state index contributed by atoms with van der Waals surface area (Å²) >= 11 is 1.90. The van der Waals surface area contributed by atoms with Crippen molar-refractivity contribution >= 4 is 22.2 Å². The summed E-state index contributed by atoms with van der Waals surface area (Å²) in [7, 11) is 4.02. The van der Waals surface area contributed by atoms with Crippen LogP contribution in [0.4, 0.5) is 5.69 Å². The molecule has 4 fully saturated rings. The molecule has 2 nitrogen and oxygen atoms in total. The van der Waals surface area contributed by atoms with Gasteiger partial charge in [0.15, 0.2) is 0 Å². The summed E-state index contributed by atoms with van der Waals surface area (Å²) in [5.41, 5.74) is 4.42. The van der Waals surface area contributed by atoms with Gasteiger partial charge in [0.25, 0.3) is 0 Å². The number of aliphatic imine (C=N–C) groups is 1. The van der Waals surface area contributed by atoms with Crippen molar-refractivity contribution < 1.29 is 20.8 Å². The van der Waals surface area contributed by atoms with Crippen LogP contribution in [0.25, 0.3) is 0 Å². The number of phenolic OH excluding ortho intramolecular Hbond substituents is 1. The molecule has 0 atom stereocenters. The summed E-state index contributed by atoms with van der Waals surface area (Å²) in [5, 5.41) is 11.2. The number of rotatable bonds is 3. The molecule has 0 aliphatic heterocycles. The molecule has 0 saturated heterocycles. The first kappa shape index (κ1) is 20.0. The van der Waals surface area contributed by atoms with Crippen LogP contribution in [0.5, 0.6) is 5.75 Å². The van der Waals surface area contributed by atoms with Gasteiger partial charge in [-0.25, -0.2) is 0 Å². The zero-order valence-corrected chi connectivity index (χ0v) is 18.6. The molecule has 0 amide bonds. The Bertz CT molecular complexity index is 844. The molecule has 1 N–H and O–H groups in total. The molecule has 0 unspecified atom stereocenters. The molecule has 2 aromatic carbocycles. The van der Waals surface area contributed by atoms with E-state index in [2.05, 4.69) is 34.3 Å². The molecule has 0 spiro atoms. The number of hydrogen-bond donors (Lipinski definition) is 1. The summed E-state index contributed by atoms with van der Waals surface area (Å²) in [6.07, 6.45) is 9.92. The Morgan fingerprint density at radius 2 is 1.57 bits per heavy atom. The second kappa shape index (κ2) is 8.22. The first-order valence-electron chi connectivity index (χ1n) is 10.2. The van der Waals surface area contributed by atoms with E-state index < -0.39 is 0 Å². The van der Waals surface area contributed by atoms with E-state index in [1.165, 1.54) is 49.7 Å². The summed E-state index contributed by atoms with van der Waals surface area (Å²) in [6.45, 7) is 2.14. The molecule has 4 heteroatoms. The van der Waals surface area contributed by atoms with Crippen molar-refractivity contribution in [2.45, 2.75) is 50.9 Å². The molecular formula is C24H27NOSV. The molecular weight excluding hydrogens is 401 g/mol.